The maximum Gasteiger partial charge on any atom is 0.313 e. The van der Waals surface area contributed by atoms with Crippen LogP contribution in [0.4, 0.5) is 0 Å². The Balaban J connectivity index is 2.02. The molecule has 0 unspecified atom stereocenters. The SMILES string of the molecule is Cc1ccc(-n2c(SCC(=O)O)nnc2C2CC2)cc1C. The number of carboxylic acid groups (broad SMARTS) is 1. The van der Waals surface area contributed by atoms with Crippen molar-refractivity contribution in [1.82, 2.24) is 14.8 Å². The third kappa shape index (κ3) is 2.95. The first-order valence-electron chi connectivity index (χ1n) is 6.94. The lowest BCUT2D eigenvalue weighted by Gasteiger charge is -2.11. The van der Waals surface area contributed by atoms with Crippen molar-refractivity contribution in [2.24, 2.45) is 0 Å². The van der Waals surface area contributed by atoms with Crippen LogP contribution in [0, 0.1) is 13.8 Å². The van der Waals surface area contributed by atoms with Gasteiger partial charge >= 0.3 is 5.97 Å². The monoisotopic (exact) mass is 303 g/mol. The normalized spacial score (nSPS) is 14.4. The molecule has 1 fully saturated rings. The Bertz CT molecular complexity index is 692. The van der Waals surface area contributed by atoms with Crippen molar-refractivity contribution in [2.45, 2.75) is 37.8 Å². The molecule has 3 rings (SSSR count). The smallest absolute Gasteiger partial charge is 0.313 e. The quantitative estimate of drug-likeness (QED) is 0.860. The Hall–Kier alpha value is -1.82. The van der Waals surface area contributed by atoms with E-state index in [4.69, 9.17) is 5.11 Å². The van der Waals surface area contributed by atoms with Crippen LogP contribution in [0.2, 0.25) is 0 Å². The molecule has 110 valence electrons. The lowest BCUT2D eigenvalue weighted by atomic mass is 10.1. The molecule has 1 saturated carbocycles. The minimum absolute atomic E-state index is 0.00631. The van der Waals surface area contributed by atoms with E-state index in [-0.39, 0.29) is 5.75 Å². The molecular formula is C15H17N3O2S. The first kappa shape index (κ1) is 14.1. The Kier molecular flexibility index (Phi) is 3.71. The highest BCUT2D eigenvalue weighted by atomic mass is 32.2. The molecule has 5 nitrogen and oxygen atoms in total. The summed E-state index contributed by atoms with van der Waals surface area (Å²) in [6.07, 6.45) is 2.26. The van der Waals surface area contributed by atoms with Crippen molar-refractivity contribution in [1.29, 1.82) is 0 Å². The van der Waals surface area contributed by atoms with Gasteiger partial charge in [-0.3, -0.25) is 9.36 Å². The van der Waals surface area contributed by atoms with Crippen molar-refractivity contribution in [3.63, 3.8) is 0 Å². The van der Waals surface area contributed by atoms with Gasteiger partial charge in [0.15, 0.2) is 5.16 Å². The second-order valence-electron chi connectivity index (χ2n) is 5.40. The summed E-state index contributed by atoms with van der Waals surface area (Å²) in [5.41, 5.74) is 3.45. The molecule has 1 aliphatic carbocycles. The van der Waals surface area contributed by atoms with Gasteiger partial charge in [-0.1, -0.05) is 17.8 Å². The molecule has 1 aromatic heterocycles. The minimum atomic E-state index is -0.845. The van der Waals surface area contributed by atoms with Crippen LogP contribution in [0.1, 0.15) is 35.7 Å². The Morgan fingerprint density at radius 1 is 1.33 bits per heavy atom. The summed E-state index contributed by atoms with van der Waals surface area (Å²) >= 11 is 1.22. The highest BCUT2D eigenvalue weighted by Crippen LogP contribution is 2.41. The average Bonchev–Trinajstić information content (AvgIpc) is 3.20. The predicted octanol–water partition coefficient (Wildman–Crippen LogP) is 2.94. The lowest BCUT2D eigenvalue weighted by molar-refractivity contribution is -0.133. The minimum Gasteiger partial charge on any atom is -0.481 e. The fraction of sp³-hybridized carbons (Fsp3) is 0.400. The fourth-order valence-corrected chi connectivity index (χ4v) is 2.89. The first-order valence-corrected chi connectivity index (χ1v) is 7.92. The van der Waals surface area contributed by atoms with Gasteiger partial charge in [0.1, 0.15) is 5.82 Å². The Morgan fingerprint density at radius 3 is 2.71 bits per heavy atom. The van der Waals surface area contributed by atoms with E-state index in [2.05, 4.69) is 36.2 Å². The highest BCUT2D eigenvalue weighted by molar-refractivity contribution is 7.99. The molecule has 1 aromatic carbocycles. The van der Waals surface area contributed by atoms with Crippen molar-refractivity contribution in [3.8, 4) is 5.69 Å². The summed E-state index contributed by atoms with van der Waals surface area (Å²) in [4.78, 5) is 10.8. The summed E-state index contributed by atoms with van der Waals surface area (Å²) in [6, 6.07) is 6.23. The van der Waals surface area contributed by atoms with Crippen LogP contribution < -0.4 is 0 Å². The fourth-order valence-electron chi connectivity index (χ4n) is 2.21. The molecule has 2 aromatic rings. The van der Waals surface area contributed by atoms with E-state index in [1.807, 2.05) is 10.6 Å². The number of aromatic nitrogens is 3. The summed E-state index contributed by atoms with van der Waals surface area (Å²) in [6.45, 7) is 4.15. The maximum absolute atomic E-state index is 10.8. The molecule has 6 heteroatoms. The van der Waals surface area contributed by atoms with Gasteiger partial charge in [-0.2, -0.15) is 0 Å². The van der Waals surface area contributed by atoms with Crippen LogP contribution in [0.25, 0.3) is 5.69 Å². The van der Waals surface area contributed by atoms with Crippen molar-refractivity contribution >= 4 is 17.7 Å². The van der Waals surface area contributed by atoms with E-state index < -0.39 is 5.97 Å². The Morgan fingerprint density at radius 2 is 2.10 bits per heavy atom. The van der Waals surface area contributed by atoms with Crippen molar-refractivity contribution in [2.75, 3.05) is 5.75 Å². The first-order chi connectivity index (χ1) is 10.1. The zero-order valence-electron chi connectivity index (χ0n) is 12.0. The predicted molar refractivity (Wildman–Crippen MR) is 81.2 cm³/mol. The third-order valence-electron chi connectivity index (χ3n) is 3.67. The zero-order valence-corrected chi connectivity index (χ0v) is 12.9. The molecule has 1 aliphatic rings. The molecule has 1 N–H and O–H groups in total. The molecule has 0 spiro atoms. The Labute approximate surface area is 127 Å². The van der Waals surface area contributed by atoms with Gasteiger partial charge in [0.05, 0.1) is 5.75 Å². The molecule has 0 saturated heterocycles. The topological polar surface area (TPSA) is 68.0 Å². The number of hydrogen-bond acceptors (Lipinski definition) is 4. The molecule has 21 heavy (non-hydrogen) atoms. The largest absolute Gasteiger partial charge is 0.481 e. The van der Waals surface area contributed by atoms with Crippen LogP contribution in [0.15, 0.2) is 23.4 Å². The summed E-state index contributed by atoms with van der Waals surface area (Å²) in [5.74, 6) is 0.556. The molecule has 0 bridgehead atoms. The van der Waals surface area contributed by atoms with E-state index in [0.717, 1.165) is 24.4 Å². The van der Waals surface area contributed by atoms with Gasteiger partial charge in [-0.15, -0.1) is 10.2 Å². The van der Waals surface area contributed by atoms with Gasteiger partial charge in [0, 0.05) is 11.6 Å². The number of carboxylic acids is 1. The third-order valence-corrected chi connectivity index (χ3v) is 4.59. The number of thioether (sulfide) groups is 1. The summed E-state index contributed by atoms with van der Waals surface area (Å²) in [5, 5.41) is 18.0. The molecule has 0 radical (unpaired) electrons. The van der Waals surface area contributed by atoms with E-state index in [1.165, 1.54) is 22.9 Å². The highest BCUT2D eigenvalue weighted by Gasteiger charge is 2.31. The lowest BCUT2D eigenvalue weighted by Crippen LogP contribution is -2.05. The number of carbonyl (C=O) groups is 1. The number of aryl methyl sites for hydroxylation is 2. The van der Waals surface area contributed by atoms with Crippen LogP contribution in [-0.2, 0) is 4.79 Å². The summed E-state index contributed by atoms with van der Waals surface area (Å²) in [7, 11) is 0. The standard InChI is InChI=1S/C15H17N3O2S/c1-9-3-6-12(7-10(9)2)18-14(11-4-5-11)16-17-15(18)21-8-13(19)20/h3,6-7,11H,4-5,8H2,1-2H3,(H,19,20). The molecule has 0 aliphatic heterocycles. The maximum atomic E-state index is 10.8. The van der Waals surface area contributed by atoms with Crippen LogP contribution in [0.5, 0.6) is 0 Å². The molecule has 1 heterocycles. The van der Waals surface area contributed by atoms with Gasteiger partial charge in [-0.05, 0) is 49.9 Å². The number of rotatable bonds is 5. The van der Waals surface area contributed by atoms with Gasteiger partial charge in [0.2, 0.25) is 0 Å². The van der Waals surface area contributed by atoms with Gasteiger partial charge < -0.3 is 5.11 Å². The second-order valence-corrected chi connectivity index (χ2v) is 6.34. The summed E-state index contributed by atoms with van der Waals surface area (Å²) < 4.78 is 2.01. The van der Waals surface area contributed by atoms with Gasteiger partial charge in [0.25, 0.3) is 0 Å². The van der Waals surface area contributed by atoms with Crippen LogP contribution in [-0.4, -0.2) is 31.6 Å². The van der Waals surface area contributed by atoms with Crippen LogP contribution in [0.3, 0.4) is 0 Å². The molecular weight excluding hydrogens is 286 g/mol. The number of hydrogen-bond donors (Lipinski definition) is 1. The number of benzene rings is 1. The van der Waals surface area contributed by atoms with E-state index in [9.17, 15) is 4.79 Å². The number of aliphatic carboxylic acids is 1. The zero-order chi connectivity index (χ0) is 15.0. The number of nitrogens with zero attached hydrogens (tertiary/aromatic N) is 3. The van der Waals surface area contributed by atoms with Gasteiger partial charge in [-0.25, -0.2) is 0 Å². The molecule has 0 amide bonds. The molecule has 0 atom stereocenters. The van der Waals surface area contributed by atoms with Crippen molar-refractivity contribution < 1.29 is 9.90 Å². The van der Waals surface area contributed by atoms with E-state index >= 15 is 0 Å². The average molecular weight is 303 g/mol. The van der Waals surface area contributed by atoms with E-state index in [1.54, 1.807) is 0 Å². The van der Waals surface area contributed by atoms with Crippen molar-refractivity contribution in [3.05, 3.63) is 35.2 Å². The van der Waals surface area contributed by atoms with Crippen LogP contribution >= 0.6 is 11.8 Å². The second kappa shape index (κ2) is 5.52. The van der Waals surface area contributed by atoms with E-state index in [0.29, 0.717) is 11.1 Å².